The number of nitrogens with one attached hydrogen (secondary N) is 1. The standard InChI is InChI=1S/C23H22N4O5S.C2H4O2/c1-13-17-21(29)27(15-7-9-24-19(15)28)23(30)26(11-8-14-5-3-4-6-16(14)31-2)22(17)33-18(13)20-25-10-12-32-20;3-1-2-4/h3-6,10,12,15H,7-9,11H2,1-2H3,(H,24,28);1,4H,2H2. The van der Waals surface area contributed by atoms with Gasteiger partial charge in [-0.25, -0.2) is 14.3 Å². The van der Waals surface area contributed by atoms with Crippen molar-refractivity contribution in [2.75, 3.05) is 20.3 Å². The van der Waals surface area contributed by atoms with E-state index in [0.717, 1.165) is 15.9 Å². The van der Waals surface area contributed by atoms with Crippen molar-refractivity contribution < 1.29 is 23.8 Å². The van der Waals surface area contributed by atoms with Crippen LogP contribution in [0.2, 0.25) is 0 Å². The van der Waals surface area contributed by atoms with Gasteiger partial charge in [-0.05, 0) is 37.0 Å². The van der Waals surface area contributed by atoms with Gasteiger partial charge in [0.25, 0.3) is 5.56 Å². The van der Waals surface area contributed by atoms with E-state index in [9.17, 15) is 14.4 Å². The molecule has 1 aliphatic heterocycles. The molecule has 1 saturated heterocycles. The van der Waals surface area contributed by atoms with E-state index in [4.69, 9.17) is 19.1 Å². The van der Waals surface area contributed by atoms with Crippen LogP contribution in [-0.2, 0) is 22.6 Å². The number of ether oxygens (including phenoxy) is 1. The molecule has 0 bridgehead atoms. The molecular formula is C25H26N4O7S. The molecule has 1 aliphatic rings. The third kappa shape index (κ3) is 4.98. The molecule has 1 atom stereocenters. The van der Waals surface area contributed by atoms with Crippen molar-refractivity contribution >= 4 is 33.7 Å². The number of aliphatic hydroxyl groups excluding tert-OH is 1. The maximum Gasteiger partial charge on any atom is 0.332 e. The number of carbonyl (C=O) groups excluding carboxylic acids is 2. The van der Waals surface area contributed by atoms with Gasteiger partial charge < -0.3 is 24.4 Å². The predicted molar refractivity (Wildman–Crippen MR) is 137 cm³/mol. The highest BCUT2D eigenvalue weighted by Gasteiger charge is 2.32. The first kappa shape index (κ1) is 26.0. The summed E-state index contributed by atoms with van der Waals surface area (Å²) in [6, 6.07) is 6.79. The fraction of sp³-hybridized carbons (Fsp3) is 0.320. The number of thiophene rings is 1. The van der Waals surface area contributed by atoms with Crippen molar-refractivity contribution in [1.29, 1.82) is 0 Å². The highest BCUT2D eigenvalue weighted by Crippen LogP contribution is 2.35. The fourth-order valence-electron chi connectivity index (χ4n) is 4.35. The number of benzene rings is 1. The zero-order valence-corrected chi connectivity index (χ0v) is 21.1. The number of aldehydes is 1. The summed E-state index contributed by atoms with van der Waals surface area (Å²) in [7, 11) is 1.60. The Morgan fingerprint density at radius 3 is 2.68 bits per heavy atom. The lowest BCUT2D eigenvalue weighted by Crippen LogP contribution is -2.44. The average molecular weight is 527 g/mol. The molecule has 37 heavy (non-hydrogen) atoms. The monoisotopic (exact) mass is 526 g/mol. The van der Waals surface area contributed by atoms with E-state index in [1.54, 1.807) is 11.7 Å². The highest BCUT2D eigenvalue weighted by atomic mass is 32.1. The van der Waals surface area contributed by atoms with Gasteiger partial charge in [0.15, 0.2) is 0 Å². The number of oxazole rings is 1. The zero-order valence-electron chi connectivity index (χ0n) is 20.3. The minimum absolute atomic E-state index is 0.314. The van der Waals surface area contributed by atoms with Gasteiger partial charge in [-0.15, -0.1) is 11.3 Å². The van der Waals surface area contributed by atoms with Crippen molar-refractivity contribution in [3.63, 3.8) is 0 Å². The normalized spacial score (nSPS) is 14.8. The number of aryl methyl sites for hydroxylation is 3. The third-order valence-corrected chi connectivity index (χ3v) is 7.38. The van der Waals surface area contributed by atoms with Crippen LogP contribution < -0.4 is 21.3 Å². The Bertz CT molecular complexity index is 1540. The van der Waals surface area contributed by atoms with E-state index in [0.29, 0.717) is 58.8 Å². The van der Waals surface area contributed by atoms with Crippen molar-refractivity contribution in [3.8, 4) is 16.5 Å². The molecule has 11 nitrogen and oxygen atoms in total. The lowest BCUT2D eigenvalue weighted by molar-refractivity contribution is -0.122. The molecule has 12 heteroatoms. The number of nitrogens with zero attached hydrogens (tertiary/aromatic N) is 3. The van der Waals surface area contributed by atoms with Crippen molar-refractivity contribution in [1.82, 2.24) is 19.4 Å². The van der Waals surface area contributed by atoms with Crippen LogP contribution in [0.25, 0.3) is 21.0 Å². The molecule has 1 fully saturated rings. The molecule has 0 aliphatic carbocycles. The Labute approximate surface area is 214 Å². The van der Waals surface area contributed by atoms with Crippen LogP contribution in [0.5, 0.6) is 5.75 Å². The summed E-state index contributed by atoms with van der Waals surface area (Å²) in [5.41, 5.74) is 0.667. The molecule has 4 aromatic rings. The number of aliphatic hydroxyl groups is 1. The van der Waals surface area contributed by atoms with Crippen molar-refractivity contribution in [2.24, 2.45) is 0 Å². The first-order chi connectivity index (χ1) is 17.9. The molecule has 0 saturated carbocycles. The van der Waals surface area contributed by atoms with Gasteiger partial charge in [-0.3, -0.25) is 14.2 Å². The van der Waals surface area contributed by atoms with Crippen LogP contribution in [-0.4, -0.2) is 51.7 Å². The Morgan fingerprint density at radius 2 is 2.05 bits per heavy atom. The number of carbonyl (C=O) groups is 2. The van der Waals surface area contributed by atoms with E-state index in [1.165, 1.54) is 23.8 Å². The van der Waals surface area contributed by atoms with E-state index in [2.05, 4.69) is 10.3 Å². The van der Waals surface area contributed by atoms with Crippen molar-refractivity contribution in [3.05, 3.63) is 68.7 Å². The molecule has 1 amide bonds. The van der Waals surface area contributed by atoms with Crippen LogP contribution >= 0.6 is 11.3 Å². The molecule has 4 heterocycles. The number of hydrogen-bond donors (Lipinski definition) is 2. The summed E-state index contributed by atoms with van der Waals surface area (Å²) in [4.78, 5) is 53.9. The minimum atomic E-state index is -0.823. The molecule has 1 aromatic carbocycles. The summed E-state index contributed by atoms with van der Waals surface area (Å²) in [5, 5.41) is 10.6. The number of rotatable bonds is 7. The summed E-state index contributed by atoms with van der Waals surface area (Å²) < 4.78 is 13.6. The van der Waals surface area contributed by atoms with Crippen LogP contribution in [0, 0.1) is 6.92 Å². The molecular weight excluding hydrogens is 500 g/mol. The average Bonchev–Trinajstić information content (AvgIpc) is 3.65. The topological polar surface area (TPSA) is 146 Å². The number of methoxy groups -OCH3 is 1. The van der Waals surface area contributed by atoms with Crippen LogP contribution in [0.1, 0.15) is 23.6 Å². The van der Waals surface area contributed by atoms with E-state index in [1.807, 2.05) is 31.2 Å². The second-order valence-corrected chi connectivity index (χ2v) is 9.19. The molecule has 3 aromatic heterocycles. The number of para-hydroxylation sites is 1. The lowest BCUT2D eigenvalue weighted by Gasteiger charge is -2.16. The maximum absolute atomic E-state index is 13.6. The van der Waals surface area contributed by atoms with Gasteiger partial charge in [0, 0.05) is 13.1 Å². The largest absolute Gasteiger partial charge is 0.496 e. The Hall–Kier alpha value is -4.03. The van der Waals surface area contributed by atoms with E-state index < -0.39 is 17.3 Å². The fourth-order valence-corrected chi connectivity index (χ4v) is 5.60. The zero-order chi connectivity index (χ0) is 26.5. The van der Waals surface area contributed by atoms with Gasteiger partial charge in [-0.2, -0.15) is 0 Å². The highest BCUT2D eigenvalue weighted by molar-refractivity contribution is 7.22. The Balaban J connectivity index is 0.000000747. The lowest BCUT2D eigenvalue weighted by atomic mass is 10.1. The number of amides is 1. The SMILES string of the molecule is COc1ccccc1CCn1c(=O)n(C2CCNC2=O)c(=O)c2c(C)c(-c3ncco3)sc21.O=CCO. The quantitative estimate of drug-likeness (QED) is 0.346. The number of hydrogen-bond acceptors (Lipinski definition) is 9. The number of aromatic nitrogens is 3. The molecule has 0 spiro atoms. The second kappa shape index (κ2) is 11.4. The van der Waals surface area contributed by atoms with E-state index in [-0.39, 0.29) is 12.5 Å². The van der Waals surface area contributed by atoms with Crippen molar-refractivity contribution in [2.45, 2.75) is 32.4 Å². The third-order valence-electron chi connectivity index (χ3n) is 6.07. The second-order valence-electron chi connectivity index (χ2n) is 8.19. The maximum atomic E-state index is 13.6. The number of fused-ring (bicyclic) bond motifs is 1. The summed E-state index contributed by atoms with van der Waals surface area (Å²) in [6.45, 7) is 2.20. The van der Waals surface area contributed by atoms with Gasteiger partial charge in [0.05, 0.1) is 30.2 Å². The van der Waals surface area contributed by atoms with E-state index >= 15 is 0 Å². The molecule has 1 unspecified atom stereocenters. The van der Waals surface area contributed by atoms with Gasteiger partial charge in [0.1, 0.15) is 29.2 Å². The van der Waals surface area contributed by atoms with Gasteiger partial charge >= 0.3 is 5.69 Å². The molecule has 0 radical (unpaired) electrons. The summed E-state index contributed by atoms with van der Waals surface area (Å²) in [5.74, 6) is 0.806. The van der Waals surface area contributed by atoms with Crippen LogP contribution in [0.3, 0.4) is 0 Å². The Kier molecular flexibility index (Phi) is 7.99. The Morgan fingerprint density at radius 1 is 1.30 bits per heavy atom. The first-order valence-electron chi connectivity index (χ1n) is 11.5. The molecule has 2 N–H and O–H groups in total. The van der Waals surface area contributed by atoms with Crippen LogP contribution in [0.4, 0.5) is 0 Å². The smallest absolute Gasteiger partial charge is 0.332 e. The molecule has 5 rings (SSSR count). The minimum Gasteiger partial charge on any atom is -0.496 e. The molecule has 194 valence electrons. The van der Waals surface area contributed by atoms with Crippen LogP contribution in [0.15, 0.2) is 50.7 Å². The summed E-state index contributed by atoms with van der Waals surface area (Å²) >= 11 is 1.30. The predicted octanol–water partition coefficient (Wildman–Crippen LogP) is 1.68. The van der Waals surface area contributed by atoms with Gasteiger partial charge in [-0.1, -0.05) is 18.2 Å². The summed E-state index contributed by atoms with van der Waals surface area (Å²) in [6.07, 6.45) is 4.34. The first-order valence-corrected chi connectivity index (χ1v) is 12.4. The van der Waals surface area contributed by atoms with Gasteiger partial charge in [0.2, 0.25) is 11.8 Å².